The van der Waals surface area contributed by atoms with Crippen LogP contribution in [-0.2, 0) is 4.79 Å². The average molecular weight is 180 g/mol. The van der Waals surface area contributed by atoms with Crippen LogP contribution in [0.4, 0.5) is 0 Å². The van der Waals surface area contributed by atoms with Crippen LogP contribution in [0.25, 0.3) is 0 Å². The third kappa shape index (κ3) is 4.22. The molecule has 0 saturated carbocycles. The molecule has 1 aliphatic heterocycles. The lowest BCUT2D eigenvalue weighted by atomic mass is 10.0. The monoisotopic (exact) mass is 179 g/mol. The van der Waals surface area contributed by atoms with Gasteiger partial charge in [0.25, 0.3) is 0 Å². The molecular formula is C7H14ClNO2. The highest BCUT2D eigenvalue weighted by atomic mass is 35.5. The van der Waals surface area contributed by atoms with E-state index in [1.807, 2.05) is 0 Å². The second-order valence-electron chi connectivity index (χ2n) is 2.79. The normalized spacial score (nSPS) is 22.7. The van der Waals surface area contributed by atoms with Crippen molar-refractivity contribution in [1.29, 1.82) is 0 Å². The maximum atomic E-state index is 10.1. The van der Waals surface area contributed by atoms with Gasteiger partial charge in [0.15, 0.2) is 0 Å². The molecule has 0 radical (unpaired) electrons. The molecule has 1 atom stereocenters. The summed E-state index contributed by atoms with van der Waals surface area (Å²) >= 11 is 0. The Bertz CT molecular complexity index is 124. The van der Waals surface area contributed by atoms with Gasteiger partial charge in [-0.3, -0.25) is 4.79 Å². The number of nitrogens with one attached hydrogen (secondary N) is 1. The Balaban J connectivity index is 0.000001000. The molecule has 0 bridgehead atoms. The fourth-order valence-corrected chi connectivity index (χ4v) is 1.29. The fourth-order valence-electron chi connectivity index (χ4n) is 1.29. The van der Waals surface area contributed by atoms with Crippen LogP contribution in [0.2, 0.25) is 0 Å². The Morgan fingerprint density at radius 1 is 1.64 bits per heavy atom. The number of carboxylic acid groups (broad SMARTS) is 1. The van der Waals surface area contributed by atoms with E-state index in [2.05, 4.69) is 5.32 Å². The molecule has 66 valence electrons. The minimum absolute atomic E-state index is 0. The number of rotatable bonds is 3. The molecule has 0 aliphatic carbocycles. The molecule has 0 aromatic carbocycles. The first-order valence-corrected chi connectivity index (χ1v) is 3.71. The van der Waals surface area contributed by atoms with E-state index in [0.29, 0.717) is 12.3 Å². The summed E-state index contributed by atoms with van der Waals surface area (Å²) < 4.78 is 0. The summed E-state index contributed by atoms with van der Waals surface area (Å²) in [5, 5.41) is 11.6. The number of hydrogen-bond donors (Lipinski definition) is 2. The molecule has 2 N–H and O–H groups in total. The molecule has 1 aliphatic rings. The first-order chi connectivity index (χ1) is 4.79. The van der Waals surface area contributed by atoms with Crippen LogP contribution in [0.3, 0.4) is 0 Å². The van der Waals surface area contributed by atoms with Crippen molar-refractivity contribution in [2.45, 2.75) is 19.3 Å². The standard InChI is InChI=1S/C7H13NO2.ClH/c9-7(10)2-1-6-3-4-8-5-6;/h6,8H,1-5H2,(H,9,10);1H/t6-;/m1./s1. The van der Waals surface area contributed by atoms with Crippen molar-refractivity contribution in [2.75, 3.05) is 13.1 Å². The zero-order valence-electron chi connectivity index (χ0n) is 6.38. The highest BCUT2D eigenvalue weighted by Crippen LogP contribution is 2.13. The van der Waals surface area contributed by atoms with Crippen LogP contribution in [0.1, 0.15) is 19.3 Å². The molecule has 0 unspecified atom stereocenters. The molecule has 1 fully saturated rings. The number of aliphatic carboxylic acids is 1. The molecule has 1 heterocycles. The number of carbonyl (C=O) groups is 1. The minimum Gasteiger partial charge on any atom is -0.481 e. The average Bonchev–Trinajstić information content (AvgIpc) is 2.34. The van der Waals surface area contributed by atoms with E-state index in [4.69, 9.17) is 5.11 Å². The first-order valence-electron chi connectivity index (χ1n) is 3.71. The van der Waals surface area contributed by atoms with Gasteiger partial charge in [-0.25, -0.2) is 0 Å². The molecule has 0 spiro atoms. The van der Waals surface area contributed by atoms with Crippen LogP contribution in [0.5, 0.6) is 0 Å². The minimum atomic E-state index is -0.674. The van der Waals surface area contributed by atoms with Crippen LogP contribution >= 0.6 is 12.4 Å². The van der Waals surface area contributed by atoms with Crippen molar-refractivity contribution >= 4 is 18.4 Å². The first kappa shape index (κ1) is 10.7. The molecular weight excluding hydrogens is 166 g/mol. The summed E-state index contributed by atoms with van der Waals surface area (Å²) in [6.45, 7) is 2.07. The lowest BCUT2D eigenvalue weighted by Gasteiger charge is -2.03. The molecule has 0 aromatic heterocycles. The van der Waals surface area contributed by atoms with E-state index in [0.717, 1.165) is 25.9 Å². The van der Waals surface area contributed by atoms with Crippen LogP contribution in [-0.4, -0.2) is 24.2 Å². The number of carboxylic acids is 1. The van der Waals surface area contributed by atoms with E-state index in [1.165, 1.54) is 0 Å². The lowest BCUT2D eigenvalue weighted by molar-refractivity contribution is -0.137. The number of hydrogen-bond acceptors (Lipinski definition) is 2. The van der Waals surface area contributed by atoms with E-state index in [9.17, 15) is 4.79 Å². The summed E-state index contributed by atoms with van der Waals surface area (Å²) in [4.78, 5) is 10.1. The Hall–Kier alpha value is -0.280. The smallest absolute Gasteiger partial charge is 0.303 e. The topological polar surface area (TPSA) is 49.3 Å². The predicted molar refractivity (Wildman–Crippen MR) is 45.1 cm³/mol. The molecule has 1 rings (SSSR count). The van der Waals surface area contributed by atoms with Gasteiger partial charge < -0.3 is 10.4 Å². The summed E-state index contributed by atoms with van der Waals surface area (Å²) in [6.07, 6.45) is 2.31. The second-order valence-corrected chi connectivity index (χ2v) is 2.79. The van der Waals surface area contributed by atoms with E-state index in [1.54, 1.807) is 0 Å². The fraction of sp³-hybridized carbons (Fsp3) is 0.857. The maximum Gasteiger partial charge on any atom is 0.303 e. The molecule has 0 aromatic rings. The Morgan fingerprint density at radius 3 is 2.82 bits per heavy atom. The Kier molecular flexibility index (Phi) is 5.24. The van der Waals surface area contributed by atoms with Crippen molar-refractivity contribution < 1.29 is 9.90 Å². The van der Waals surface area contributed by atoms with Gasteiger partial charge in [0.1, 0.15) is 0 Å². The lowest BCUT2D eigenvalue weighted by Crippen LogP contribution is -2.10. The van der Waals surface area contributed by atoms with Gasteiger partial charge in [-0.1, -0.05) is 0 Å². The van der Waals surface area contributed by atoms with Gasteiger partial charge in [-0.2, -0.15) is 0 Å². The van der Waals surface area contributed by atoms with Gasteiger partial charge in [0.2, 0.25) is 0 Å². The largest absolute Gasteiger partial charge is 0.481 e. The molecule has 0 amide bonds. The zero-order valence-corrected chi connectivity index (χ0v) is 7.19. The van der Waals surface area contributed by atoms with Gasteiger partial charge in [-0.05, 0) is 31.8 Å². The highest BCUT2D eigenvalue weighted by Gasteiger charge is 2.14. The second kappa shape index (κ2) is 5.38. The van der Waals surface area contributed by atoms with Gasteiger partial charge in [0.05, 0.1) is 0 Å². The summed E-state index contributed by atoms with van der Waals surface area (Å²) in [6, 6.07) is 0. The summed E-state index contributed by atoms with van der Waals surface area (Å²) in [5.74, 6) is -0.0667. The maximum absolute atomic E-state index is 10.1. The van der Waals surface area contributed by atoms with Crippen molar-refractivity contribution in [3.63, 3.8) is 0 Å². The Labute approximate surface area is 72.6 Å². The molecule has 4 heteroatoms. The molecule has 3 nitrogen and oxygen atoms in total. The van der Waals surface area contributed by atoms with E-state index >= 15 is 0 Å². The van der Waals surface area contributed by atoms with Crippen LogP contribution < -0.4 is 5.32 Å². The molecule has 1 saturated heterocycles. The quantitative estimate of drug-likeness (QED) is 0.677. The molecule has 11 heavy (non-hydrogen) atoms. The van der Waals surface area contributed by atoms with E-state index in [-0.39, 0.29) is 12.4 Å². The van der Waals surface area contributed by atoms with Crippen molar-refractivity contribution in [3.05, 3.63) is 0 Å². The van der Waals surface area contributed by atoms with Crippen molar-refractivity contribution in [2.24, 2.45) is 5.92 Å². The van der Waals surface area contributed by atoms with Crippen LogP contribution in [0, 0.1) is 5.92 Å². The summed E-state index contributed by atoms with van der Waals surface area (Å²) in [5.41, 5.74) is 0. The van der Waals surface area contributed by atoms with E-state index < -0.39 is 5.97 Å². The van der Waals surface area contributed by atoms with Crippen molar-refractivity contribution in [3.8, 4) is 0 Å². The number of halogens is 1. The van der Waals surface area contributed by atoms with Crippen molar-refractivity contribution in [1.82, 2.24) is 5.32 Å². The third-order valence-corrected chi connectivity index (χ3v) is 1.93. The zero-order chi connectivity index (χ0) is 7.40. The summed E-state index contributed by atoms with van der Waals surface area (Å²) in [7, 11) is 0. The third-order valence-electron chi connectivity index (χ3n) is 1.93. The SMILES string of the molecule is Cl.O=C(O)CC[C@@H]1CCNC1. The van der Waals surface area contributed by atoms with Crippen LogP contribution in [0.15, 0.2) is 0 Å². The van der Waals surface area contributed by atoms with Gasteiger partial charge >= 0.3 is 5.97 Å². The Morgan fingerprint density at radius 2 is 2.36 bits per heavy atom. The predicted octanol–water partition coefficient (Wildman–Crippen LogP) is 0.882. The van der Waals surface area contributed by atoms with Gasteiger partial charge in [-0.15, -0.1) is 12.4 Å². The van der Waals surface area contributed by atoms with Gasteiger partial charge in [0, 0.05) is 6.42 Å². The highest BCUT2D eigenvalue weighted by molar-refractivity contribution is 5.85.